The number of amides is 1. The Bertz CT molecular complexity index is 1620. The Labute approximate surface area is 232 Å². The molecule has 11 nitrogen and oxygen atoms in total. The summed E-state index contributed by atoms with van der Waals surface area (Å²) in [5.74, 6) is -0.753. The predicted molar refractivity (Wildman–Crippen MR) is 140 cm³/mol. The Balaban J connectivity index is 1.56. The van der Waals surface area contributed by atoms with Crippen LogP contribution in [-0.4, -0.2) is 61.4 Å². The normalized spacial score (nSPS) is 15.3. The van der Waals surface area contributed by atoms with Crippen LogP contribution in [0.25, 0.3) is 16.9 Å². The second kappa shape index (κ2) is 11.3. The number of ether oxygens (including phenoxy) is 2. The maximum Gasteiger partial charge on any atom is 0.433 e. The van der Waals surface area contributed by atoms with Crippen LogP contribution in [0.5, 0.6) is 5.75 Å². The van der Waals surface area contributed by atoms with Crippen molar-refractivity contribution in [2.75, 3.05) is 25.6 Å². The minimum absolute atomic E-state index is 0.00347. The third-order valence-electron chi connectivity index (χ3n) is 5.74. The molecular formula is C24H20F3N7O4S2. The number of thioether (sulfide) groups is 1. The molecule has 1 N–H and O–H groups in total. The minimum atomic E-state index is -4.76. The van der Waals surface area contributed by atoms with Gasteiger partial charge < -0.3 is 9.47 Å². The number of alkyl halides is 3. The molecule has 5 rings (SSSR count). The number of aryl methyl sites for hydroxylation is 1. The summed E-state index contributed by atoms with van der Waals surface area (Å²) in [7, 11) is 1.26. The highest BCUT2D eigenvalue weighted by Gasteiger charge is 2.34. The minimum Gasteiger partial charge on any atom is -0.494 e. The number of carbonyl (C=O) groups is 1. The molecule has 1 saturated heterocycles. The lowest BCUT2D eigenvalue weighted by Crippen LogP contribution is -2.22. The molecule has 1 atom stereocenters. The average Bonchev–Trinajstić information content (AvgIpc) is 3.60. The van der Waals surface area contributed by atoms with Crippen LogP contribution in [0.4, 0.5) is 18.3 Å². The molecule has 1 aliphatic heterocycles. The van der Waals surface area contributed by atoms with Gasteiger partial charge in [0, 0.05) is 35.2 Å². The molecule has 4 aromatic heterocycles. The van der Waals surface area contributed by atoms with Crippen molar-refractivity contribution in [3.05, 3.63) is 64.0 Å². The number of pyridine rings is 2. The Kier molecular flexibility index (Phi) is 7.82. The molecule has 0 aliphatic carbocycles. The van der Waals surface area contributed by atoms with Crippen molar-refractivity contribution in [3.63, 3.8) is 0 Å². The molecule has 1 fully saturated rings. The molecule has 1 unspecified atom stereocenters. The van der Waals surface area contributed by atoms with E-state index in [2.05, 4.69) is 30.6 Å². The molecular weight excluding hydrogens is 571 g/mol. The van der Waals surface area contributed by atoms with Crippen molar-refractivity contribution < 1.29 is 27.4 Å². The van der Waals surface area contributed by atoms with Crippen molar-refractivity contribution in [1.29, 1.82) is 0 Å². The van der Waals surface area contributed by atoms with Crippen LogP contribution in [0.1, 0.15) is 28.0 Å². The van der Waals surface area contributed by atoms with Crippen molar-refractivity contribution in [1.82, 2.24) is 29.9 Å². The zero-order chi connectivity index (χ0) is 28.4. The fraction of sp³-hybridized carbons (Fsp3) is 0.292. The molecule has 208 valence electrons. The Morgan fingerprint density at radius 2 is 2.00 bits per heavy atom. The maximum absolute atomic E-state index is 13.6. The highest BCUT2D eigenvalue weighted by atomic mass is 32.2. The number of nitrogens with one attached hydrogen (secondary N) is 1. The van der Waals surface area contributed by atoms with E-state index in [1.54, 1.807) is 6.92 Å². The van der Waals surface area contributed by atoms with E-state index in [0.717, 1.165) is 40.9 Å². The van der Waals surface area contributed by atoms with Gasteiger partial charge in [-0.05, 0) is 31.0 Å². The van der Waals surface area contributed by atoms with E-state index in [1.807, 2.05) is 0 Å². The lowest BCUT2D eigenvalue weighted by Gasteiger charge is -2.16. The van der Waals surface area contributed by atoms with Crippen LogP contribution in [0.3, 0.4) is 0 Å². The number of halogens is 3. The van der Waals surface area contributed by atoms with Gasteiger partial charge in [-0.1, -0.05) is 23.1 Å². The third-order valence-corrected chi connectivity index (χ3v) is 7.90. The van der Waals surface area contributed by atoms with Crippen molar-refractivity contribution in [2.45, 2.75) is 29.1 Å². The molecule has 0 aromatic carbocycles. The number of carbonyl (C=O) groups excluding carboxylic acids is 1. The lowest BCUT2D eigenvalue weighted by atomic mass is 10.00. The van der Waals surface area contributed by atoms with Gasteiger partial charge in [0.2, 0.25) is 5.13 Å². The summed E-state index contributed by atoms with van der Waals surface area (Å²) in [5.41, 5.74) is -1.29. The van der Waals surface area contributed by atoms with Gasteiger partial charge in [-0.15, -0.1) is 10.2 Å². The molecule has 16 heteroatoms. The monoisotopic (exact) mass is 591 g/mol. The van der Waals surface area contributed by atoms with E-state index in [1.165, 1.54) is 37.2 Å². The fourth-order valence-electron chi connectivity index (χ4n) is 3.83. The molecule has 40 heavy (non-hydrogen) atoms. The molecule has 0 saturated carbocycles. The van der Waals surface area contributed by atoms with E-state index in [0.29, 0.717) is 23.1 Å². The Morgan fingerprint density at radius 1 is 1.18 bits per heavy atom. The zero-order valence-electron chi connectivity index (χ0n) is 20.9. The van der Waals surface area contributed by atoms with Crippen LogP contribution in [0, 0.1) is 6.92 Å². The van der Waals surface area contributed by atoms with Crippen LogP contribution in [0.15, 0.2) is 45.9 Å². The first-order valence-electron chi connectivity index (χ1n) is 11.7. The number of hydrogen-bond acceptors (Lipinski definition) is 11. The summed E-state index contributed by atoms with van der Waals surface area (Å²) in [5, 5.41) is 15.2. The van der Waals surface area contributed by atoms with E-state index in [9.17, 15) is 22.8 Å². The maximum atomic E-state index is 13.6. The predicted octanol–water partition coefficient (Wildman–Crippen LogP) is 4.01. The first-order valence-corrected chi connectivity index (χ1v) is 13.4. The van der Waals surface area contributed by atoms with E-state index >= 15 is 0 Å². The summed E-state index contributed by atoms with van der Waals surface area (Å²) >= 11 is 2.65. The molecule has 0 spiro atoms. The van der Waals surface area contributed by atoms with E-state index < -0.39 is 23.3 Å². The summed E-state index contributed by atoms with van der Waals surface area (Å²) < 4.78 is 53.0. The third kappa shape index (κ3) is 5.97. The number of rotatable bonds is 7. The van der Waals surface area contributed by atoms with Crippen LogP contribution < -0.4 is 15.6 Å². The molecule has 1 amide bonds. The average molecular weight is 592 g/mol. The van der Waals surface area contributed by atoms with Crippen LogP contribution >= 0.6 is 23.1 Å². The zero-order valence-corrected chi connectivity index (χ0v) is 22.6. The van der Waals surface area contributed by atoms with Crippen LogP contribution in [0.2, 0.25) is 0 Å². The first kappa shape index (κ1) is 27.7. The topological polar surface area (TPSA) is 134 Å². The fourth-order valence-corrected chi connectivity index (χ4v) is 5.89. The highest BCUT2D eigenvalue weighted by Crippen LogP contribution is 2.38. The van der Waals surface area contributed by atoms with Crippen molar-refractivity contribution >= 4 is 34.1 Å². The molecule has 0 radical (unpaired) electrons. The van der Waals surface area contributed by atoms with Gasteiger partial charge in [0.05, 0.1) is 31.7 Å². The largest absolute Gasteiger partial charge is 0.494 e. The molecule has 0 bridgehead atoms. The smallest absolute Gasteiger partial charge is 0.433 e. The van der Waals surface area contributed by atoms with Crippen molar-refractivity contribution in [3.8, 4) is 22.7 Å². The SMILES string of the molecule is COc1cnc(C(F)(F)F)cc1-c1cc(-n2ncc(C)cc2=O)ncc1C(=O)Nc1nnc(SC2CCOC2)s1. The standard InChI is InChI=1S/C24H20F3N7O4S2/c1-12-5-20(35)34(30-8-12)19-7-14(15-6-18(24(25,26)27)28-10-17(15)37-2)16(9-29-19)21(36)31-22-32-33-23(40-22)39-13-3-4-38-11-13/h5-10,13H,3-4,11H2,1-2H3,(H,31,32,36). The highest BCUT2D eigenvalue weighted by molar-refractivity contribution is 8.01. The number of aromatic nitrogens is 6. The van der Waals surface area contributed by atoms with Gasteiger partial charge in [-0.2, -0.15) is 23.0 Å². The molecule has 4 aromatic rings. The number of nitrogens with zero attached hydrogens (tertiary/aromatic N) is 6. The number of methoxy groups -OCH3 is 1. The van der Waals surface area contributed by atoms with Crippen LogP contribution in [-0.2, 0) is 10.9 Å². The number of anilines is 1. The van der Waals surface area contributed by atoms with E-state index in [4.69, 9.17) is 9.47 Å². The Hall–Kier alpha value is -3.89. The second-order valence-corrected chi connectivity index (χ2v) is 11.1. The summed E-state index contributed by atoms with van der Waals surface area (Å²) in [4.78, 5) is 33.6. The van der Waals surface area contributed by atoms with Crippen molar-refractivity contribution in [2.24, 2.45) is 0 Å². The summed E-state index contributed by atoms with van der Waals surface area (Å²) in [6, 6.07) is 3.38. The lowest BCUT2D eigenvalue weighted by molar-refractivity contribution is -0.141. The Morgan fingerprint density at radius 3 is 2.70 bits per heavy atom. The second-order valence-electron chi connectivity index (χ2n) is 8.57. The van der Waals surface area contributed by atoms with Gasteiger partial charge in [0.25, 0.3) is 11.5 Å². The van der Waals surface area contributed by atoms with Gasteiger partial charge in [-0.3, -0.25) is 14.9 Å². The first-order chi connectivity index (χ1) is 19.1. The number of hydrogen-bond donors (Lipinski definition) is 1. The van der Waals surface area contributed by atoms with Gasteiger partial charge in [0.15, 0.2) is 10.2 Å². The summed E-state index contributed by atoms with van der Waals surface area (Å²) in [6.45, 7) is 2.95. The molecule has 5 heterocycles. The van der Waals surface area contributed by atoms with E-state index in [-0.39, 0.29) is 38.6 Å². The van der Waals surface area contributed by atoms with Gasteiger partial charge >= 0.3 is 6.18 Å². The molecule has 1 aliphatic rings. The van der Waals surface area contributed by atoms with Gasteiger partial charge in [-0.25, -0.2) is 9.97 Å². The van der Waals surface area contributed by atoms with Gasteiger partial charge in [0.1, 0.15) is 11.4 Å². The summed E-state index contributed by atoms with van der Waals surface area (Å²) in [6.07, 6.45) is -0.397. The quantitative estimate of drug-likeness (QED) is 0.314.